The zero-order valence-electron chi connectivity index (χ0n) is 16.5. The van der Waals surface area contributed by atoms with Gasteiger partial charge in [-0.2, -0.15) is 0 Å². The smallest absolute Gasteiger partial charge is 0.321 e. The molecule has 3 aromatic rings. The van der Waals surface area contributed by atoms with Crippen molar-refractivity contribution >= 4 is 29.0 Å². The molecule has 2 amide bonds. The molecule has 4 rings (SSSR count). The lowest BCUT2D eigenvalue weighted by atomic mass is 10.2. The van der Waals surface area contributed by atoms with Crippen LogP contribution >= 0.6 is 0 Å². The lowest BCUT2D eigenvalue weighted by Gasteiger charge is -2.35. The Morgan fingerprint density at radius 2 is 1.73 bits per heavy atom. The molecule has 0 spiro atoms. The van der Waals surface area contributed by atoms with Gasteiger partial charge >= 0.3 is 6.03 Å². The molecule has 0 bridgehead atoms. The van der Waals surface area contributed by atoms with Crippen LogP contribution in [0.25, 0.3) is 0 Å². The number of hydrogen-bond acceptors (Lipinski definition) is 6. The van der Waals surface area contributed by atoms with Crippen LogP contribution in [0.2, 0.25) is 0 Å². The van der Waals surface area contributed by atoms with Gasteiger partial charge in [0.05, 0.1) is 0 Å². The highest BCUT2D eigenvalue weighted by molar-refractivity contribution is 5.89. The van der Waals surface area contributed by atoms with Gasteiger partial charge in [-0.15, -0.1) is 10.2 Å². The fraction of sp³-hybridized carbons (Fsp3) is 0.238. The van der Waals surface area contributed by atoms with Gasteiger partial charge in [-0.25, -0.2) is 9.18 Å². The Morgan fingerprint density at radius 3 is 2.40 bits per heavy atom. The second-order valence-electron chi connectivity index (χ2n) is 7.01. The average molecular weight is 407 g/mol. The number of benzene rings is 1. The third-order valence-electron chi connectivity index (χ3n) is 4.92. The number of carbonyl (C=O) groups is 1. The van der Waals surface area contributed by atoms with Crippen LogP contribution in [0.3, 0.4) is 0 Å². The van der Waals surface area contributed by atoms with Crippen LogP contribution in [-0.2, 0) is 0 Å². The summed E-state index contributed by atoms with van der Waals surface area (Å²) in [6.07, 6.45) is 3.41. The lowest BCUT2D eigenvalue weighted by Crippen LogP contribution is -2.50. The summed E-state index contributed by atoms with van der Waals surface area (Å²) in [5, 5.41) is 14.4. The summed E-state index contributed by atoms with van der Waals surface area (Å²) >= 11 is 0. The zero-order chi connectivity index (χ0) is 20.9. The number of nitrogens with one attached hydrogen (secondary N) is 2. The molecule has 1 saturated heterocycles. The second kappa shape index (κ2) is 8.73. The Hall–Kier alpha value is -3.75. The van der Waals surface area contributed by atoms with Crippen LogP contribution in [0.1, 0.15) is 5.56 Å². The molecule has 9 heteroatoms. The van der Waals surface area contributed by atoms with E-state index in [4.69, 9.17) is 0 Å². The molecule has 1 fully saturated rings. The fourth-order valence-corrected chi connectivity index (χ4v) is 3.16. The quantitative estimate of drug-likeness (QED) is 0.689. The van der Waals surface area contributed by atoms with Gasteiger partial charge in [0, 0.05) is 49.9 Å². The zero-order valence-corrected chi connectivity index (χ0v) is 16.5. The normalized spacial score (nSPS) is 13.8. The van der Waals surface area contributed by atoms with E-state index in [2.05, 4.69) is 30.7 Å². The molecule has 30 heavy (non-hydrogen) atoms. The first-order chi connectivity index (χ1) is 14.6. The summed E-state index contributed by atoms with van der Waals surface area (Å²) in [4.78, 5) is 20.2. The molecule has 1 aliphatic heterocycles. The fourth-order valence-electron chi connectivity index (χ4n) is 3.16. The Morgan fingerprint density at radius 1 is 0.967 bits per heavy atom. The van der Waals surface area contributed by atoms with Crippen LogP contribution in [0.4, 0.5) is 32.2 Å². The number of piperazine rings is 1. The number of aryl methyl sites for hydroxylation is 1. The van der Waals surface area contributed by atoms with E-state index in [0.29, 0.717) is 43.2 Å². The van der Waals surface area contributed by atoms with Gasteiger partial charge < -0.3 is 20.4 Å². The molecular weight excluding hydrogens is 385 g/mol. The SMILES string of the molecule is Cc1ccc(NC(=O)N2CCN(c3ccc(Nc4ccncc4)nn3)CC2)cc1F. The second-order valence-corrected chi connectivity index (χ2v) is 7.01. The van der Waals surface area contributed by atoms with Crippen molar-refractivity contribution in [3.8, 4) is 0 Å². The largest absolute Gasteiger partial charge is 0.352 e. The van der Waals surface area contributed by atoms with E-state index in [0.717, 1.165) is 11.5 Å². The predicted molar refractivity (Wildman–Crippen MR) is 113 cm³/mol. The van der Waals surface area contributed by atoms with Crippen molar-refractivity contribution in [2.45, 2.75) is 6.92 Å². The number of pyridine rings is 1. The molecule has 2 N–H and O–H groups in total. The number of rotatable bonds is 4. The van der Waals surface area contributed by atoms with E-state index < -0.39 is 0 Å². The van der Waals surface area contributed by atoms with Crippen molar-refractivity contribution in [2.75, 3.05) is 41.7 Å². The summed E-state index contributed by atoms with van der Waals surface area (Å²) in [5.41, 5.74) is 1.89. The summed E-state index contributed by atoms with van der Waals surface area (Å²) in [6, 6.07) is 11.9. The maximum Gasteiger partial charge on any atom is 0.321 e. The first-order valence-electron chi connectivity index (χ1n) is 9.66. The number of nitrogens with zero attached hydrogens (tertiary/aromatic N) is 5. The Kier molecular flexibility index (Phi) is 5.69. The number of carbonyl (C=O) groups excluding carboxylic acids is 1. The summed E-state index contributed by atoms with van der Waals surface area (Å²) < 4.78 is 13.7. The van der Waals surface area contributed by atoms with Crippen molar-refractivity contribution in [3.63, 3.8) is 0 Å². The van der Waals surface area contributed by atoms with E-state index in [1.807, 2.05) is 24.3 Å². The summed E-state index contributed by atoms with van der Waals surface area (Å²) in [6.45, 7) is 4.05. The van der Waals surface area contributed by atoms with E-state index in [1.54, 1.807) is 36.4 Å². The highest BCUT2D eigenvalue weighted by atomic mass is 19.1. The topological polar surface area (TPSA) is 86.3 Å². The lowest BCUT2D eigenvalue weighted by molar-refractivity contribution is 0.208. The Bertz CT molecular complexity index is 1010. The third-order valence-corrected chi connectivity index (χ3v) is 4.92. The standard InChI is InChI=1S/C21H22FN7O/c1-15-2-3-17(14-18(15)22)25-21(30)29-12-10-28(11-13-29)20-5-4-19(26-27-20)24-16-6-8-23-9-7-16/h2-9,14H,10-13H2,1H3,(H,25,30)(H,23,24,26). The highest BCUT2D eigenvalue weighted by Crippen LogP contribution is 2.18. The maximum absolute atomic E-state index is 13.7. The van der Waals surface area contributed by atoms with Crippen molar-refractivity contribution < 1.29 is 9.18 Å². The Balaban J connectivity index is 1.30. The molecule has 0 saturated carbocycles. The Labute approximate surface area is 173 Å². The minimum atomic E-state index is -0.335. The molecule has 1 aliphatic rings. The highest BCUT2D eigenvalue weighted by Gasteiger charge is 2.22. The van der Waals surface area contributed by atoms with Crippen LogP contribution in [0, 0.1) is 12.7 Å². The average Bonchev–Trinajstić information content (AvgIpc) is 2.78. The van der Waals surface area contributed by atoms with Gasteiger partial charge in [0.2, 0.25) is 0 Å². The molecule has 8 nitrogen and oxygen atoms in total. The molecule has 1 aromatic carbocycles. The maximum atomic E-state index is 13.7. The molecule has 3 heterocycles. The first kappa shape index (κ1) is 19.6. The van der Waals surface area contributed by atoms with Crippen LogP contribution in [0.15, 0.2) is 54.9 Å². The molecule has 0 aliphatic carbocycles. The molecule has 2 aromatic heterocycles. The van der Waals surface area contributed by atoms with Gasteiger partial charge in [-0.1, -0.05) is 6.07 Å². The van der Waals surface area contributed by atoms with Gasteiger partial charge in [0.1, 0.15) is 5.82 Å². The van der Waals surface area contributed by atoms with Gasteiger partial charge in [-0.3, -0.25) is 4.98 Å². The van der Waals surface area contributed by atoms with Crippen molar-refractivity contribution in [2.24, 2.45) is 0 Å². The third kappa shape index (κ3) is 4.62. The first-order valence-corrected chi connectivity index (χ1v) is 9.66. The summed E-state index contributed by atoms with van der Waals surface area (Å²) in [7, 11) is 0. The van der Waals surface area contributed by atoms with E-state index in [1.165, 1.54) is 6.07 Å². The minimum Gasteiger partial charge on any atom is -0.352 e. The van der Waals surface area contributed by atoms with Crippen molar-refractivity contribution in [3.05, 3.63) is 66.2 Å². The monoisotopic (exact) mass is 407 g/mol. The van der Waals surface area contributed by atoms with E-state index in [-0.39, 0.29) is 11.8 Å². The number of hydrogen-bond donors (Lipinski definition) is 2. The molecular formula is C21H22FN7O. The number of halogens is 1. The van der Waals surface area contributed by atoms with Crippen molar-refractivity contribution in [1.82, 2.24) is 20.1 Å². The van der Waals surface area contributed by atoms with Crippen LogP contribution in [-0.4, -0.2) is 52.3 Å². The number of urea groups is 1. The molecule has 0 radical (unpaired) electrons. The van der Waals surface area contributed by atoms with Crippen molar-refractivity contribution in [1.29, 1.82) is 0 Å². The number of anilines is 4. The van der Waals surface area contributed by atoms with Crippen LogP contribution < -0.4 is 15.5 Å². The van der Waals surface area contributed by atoms with Crippen LogP contribution in [0.5, 0.6) is 0 Å². The molecule has 154 valence electrons. The van der Waals surface area contributed by atoms with E-state index in [9.17, 15) is 9.18 Å². The van der Waals surface area contributed by atoms with Gasteiger partial charge in [0.15, 0.2) is 11.6 Å². The van der Waals surface area contributed by atoms with E-state index >= 15 is 0 Å². The summed E-state index contributed by atoms with van der Waals surface area (Å²) in [5.74, 6) is 1.07. The number of aromatic nitrogens is 3. The number of amides is 2. The molecule has 0 unspecified atom stereocenters. The predicted octanol–water partition coefficient (Wildman–Crippen LogP) is 3.42. The van der Waals surface area contributed by atoms with Gasteiger partial charge in [-0.05, 0) is 48.9 Å². The molecule has 0 atom stereocenters. The minimum absolute atomic E-state index is 0.235. The van der Waals surface area contributed by atoms with Gasteiger partial charge in [0.25, 0.3) is 0 Å².